The van der Waals surface area contributed by atoms with Crippen molar-refractivity contribution < 1.29 is 46.0 Å². The minimum Gasteiger partial charge on any atom is -0.491 e. The van der Waals surface area contributed by atoms with E-state index in [1.807, 2.05) is 36.7 Å². The summed E-state index contributed by atoms with van der Waals surface area (Å²) in [5.74, 6) is 1.08. The molecule has 9 aromatic rings. The third kappa shape index (κ3) is 12.4. The summed E-state index contributed by atoms with van der Waals surface area (Å²) in [4.78, 5) is 24.9. The third-order valence-electron chi connectivity index (χ3n) is 10.9. The predicted molar refractivity (Wildman–Crippen MR) is 254 cm³/mol. The fourth-order valence-corrected chi connectivity index (χ4v) is 7.26. The van der Waals surface area contributed by atoms with Crippen molar-refractivity contribution in [1.82, 2.24) is 30.0 Å². The first-order chi connectivity index (χ1) is 34.3. The molecule has 0 spiro atoms. The van der Waals surface area contributed by atoms with Gasteiger partial charge in [0.05, 0.1) is 89.1 Å². The van der Waals surface area contributed by atoms with Crippen molar-refractivity contribution in [3.8, 4) is 56.7 Å². The first kappa shape index (κ1) is 47.2. The summed E-state index contributed by atoms with van der Waals surface area (Å²) in [7, 11) is 0. The molecular weight excluding hydrogens is 907 g/mol. The lowest BCUT2D eigenvalue weighted by atomic mass is 10.1. The number of rotatable bonds is 24. The van der Waals surface area contributed by atoms with E-state index in [2.05, 4.69) is 20.6 Å². The summed E-state index contributed by atoms with van der Waals surface area (Å²) in [6, 6.07) is 32.6. The molecule has 70 heavy (non-hydrogen) atoms. The van der Waals surface area contributed by atoms with Gasteiger partial charge < -0.3 is 37.3 Å². The number of nitrogens with zero attached hydrogens (tertiary/aromatic N) is 6. The summed E-state index contributed by atoms with van der Waals surface area (Å²) >= 11 is 0. The SMILES string of the molecule is O=c1cc(-c2ccc(OCCOCCOCCn3cc(-c4ccc(-c5cn(CCOCCOCCOc6ccc(-c7cc(=O)c8cc(F)ccc8o7)cc6)nn5)cc4)nn3)cc2)oc2ccc(F)cc12. The van der Waals surface area contributed by atoms with E-state index in [9.17, 15) is 18.4 Å². The van der Waals surface area contributed by atoms with Crippen LogP contribution in [0, 0.1) is 11.6 Å². The fraction of sp³-hybridized carbons (Fsp3) is 0.231. The van der Waals surface area contributed by atoms with Crippen LogP contribution in [0.15, 0.2) is 152 Å². The molecule has 4 aromatic heterocycles. The Balaban J connectivity index is 0.600. The Morgan fingerprint density at radius 2 is 0.800 bits per heavy atom. The number of fused-ring (bicyclic) bond motifs is 2. The molecule has 4 heterocycles. The monoisotopic (exact) mass is 952 g/mol. The average molecular weight is 953 g/mol. The van der Waals surface area contributed by atoms with Crippen LogP contribution < -0.4 is 20.3 Å². The van der Waals surface area contributed by atoms with E-state index in [1.54, 1.807) is 57.9 Å². The maximum absolute atomic E-state index is 13.5. The standard InChI is InChI=1S/C52H46F2N6O10/c53-39-9-15-49-43(29-39)47(61)31-51(69-49)37-5-11-41(12-6-37)67-27-25-65-23-21-63-19-17-59-33-45(55-57-59)35-1-2-36(4-3-35)46-34-60(58-56-46)18-20-64-22-24-66-26-28-68-42-13-7-38(8-14-42)52-32-48(62)44-30-40(54)10-16-50(44)70-52/h1-16,29-34H,17-28H2. The van der Waals surface area contributed by atoms with Gasteiger partial charge in [0, 0.05) is 34.4 Å². The highest BCUT2D eigenvalue weighted by atomic mass is 19.1. The zero-order valence-electron chi connectivity index (χ0n) is 37.7. The molecular formula is C52H46F2N6O10. The van der Waals surface area contributed by atoms with Crippen molar-refractivity contribution in [3.05, 3.63) is 166 Å². The summed E-state index contributed by atoms with van der Waals surface area (Å²) in [6.45, 7) is 5.04. The number of ether oxygens (including phenoxy) is 6. The van der Waals surface area contributed by atoms with Crippen LogP contribution in [0.2, 0.25) is 0 Å². The van der Waals surface area contributed by atoms with Crippen LogP contribution in [0.3, 0.4) is 0 Å². The number of aromatic nitrogens is 6. The lowest BCUT2D eigenvalue weighted by molar-refractivity contribution is 0.0333. The van der Waals surface area contributed by atoms with Gasteiger partial charge in [-0.3, -0.25) is 9.59 Å². The van der Waals surface area contributed by atoms with Gasteiger partial charge in [-0.05, 0) is 84.9 Å². The molecule has 9 rings (SSSR count). The maximum atomic E-state index is 13.5. The summed E-state index contributed by atoms with van der Waals surface area (Å²) in [6.07, 6.45) is 3.75. The topological polar surface area (TPSA) is 177 Å². The average Bonchev–Trinajstić information content (AvgIpc) is 4.07. The van der Waals surface area contributed by atoms with Gasteiger partial charge in [0.2, 0.25) is 0 Å². The quantitative estimate of drug-likeness (QED) is 0.0529. The van der Waals surface area contributed by atoms with E-state index in [0.717, 1.165) is 22.5 Å². The van der Waals surface area contributed by atoms with E-state index in [-0.39, 0.29) is 21.6 Å². The molecule has 0 aliphatic heterocycles. The summed E-state index contributed by atoms with van der Waals surface area (Å²) in [5, 5.41) is 17.5. The highest BCUT2D eigenvalue weighted by Crippen LogP contribution is 2.27. The van der Waals surface area contributed by atoms with Crippen molar-refractivity contribution in [2.75, 3.05) is 66.1 Å². The number of benzene rings is 5. The molecule has 0 saturated carbocycles. The van der Waals surface area contributed by atoms with Crippen molar-refractivity contribution in [3.63, 3.8) is 0 Å². The Morgan fingerprint density at radius 3 is 1.21 bits per heavy atom. The molecule has 0 aliphatic carbocycles. The first-order valence-electron chi connectivity index (χ1n) is 22.5. The second kappa shape index (κ2) is 22.9. The van der Waals surface area contributed by atoms with Crippen LogP contribution in [0.25, 0.3) is 67.1 Å². The lowest BCUT2D eigenvalue weighted by Gasteiger charge is -2.09. The number of hydrogen-bond donors (Lipinski definition) is 0. The zero-order valence-corrected chi connectivity index (χ0v) is 37.7. The van der Waals surface area contributed by atoms with Gasteiger partial charge in [-0.2, -0.15) is 0 Å². The smallest absolute Gasteiger partial charge is 0.193 e. The van der Waals surface area contributed by atoms with Crippen LogP contribution in [0.5, 0.6) is 11.5 Å². The van der Waals surface area contributed by atoms with Gasteiger partial charge >= 0.3 is 0 Å². The molecule has 0 fully saturated rings. The van der Waals surface area contributed by atoms with Crippen LogP contribution in [0.4, 0.5) is 8.78 Å². The Bertz CT molecular complexity index is 3050. The highest BCUT2D eigenvalue weighted by molar-refractivity contribution is 5.79. The van der Waals surface area contributed by atoms with E-state index < -0.39 is 11.6 Å². The second-order valence-electron chi connectivity index (χ2n) is 15.7. The maximum Gasteiger partial charge on any atom is 0.193 e. The Morgan fingerprint density at radius 1 is 0.429 bits per heavy atom. The molecule has 18 heteroatoms. The highest BCUT2D eigenvalue weighted by Gasteiger charge is 2.12. The minimum atomic E-state index is -0.490. The third-order valence-corrected chi connectivity index (χ3v) is 10.9. The van der Waals surface area contributed by atoms with Crippen molar-refractivity contribution >= 4 is 21.9 Å². The van der Waals surface area contributed by atoms with Gasteiger partial charge in [-0.15, -0.1) is 10.2 Å². The summed E-state index contributed by atoms with van der Waals surface area (Å²) in [5.41, 5.74) is 4.72. The largest absolute Gasteiger partial charge is 0.491 e. The van der Waals surface area contributed by atoms with Crippen molar-refractivity contribution in [2.24, 2.45) is 0 Å². The van der Waals surface area contributed by atoms with Gasteiger partial charge in [0.25, 0.3) is 0 Å². The Labute approximate surface area is 398 Å². The first-order valence-corrected chi connectivity index (χ1v) is 22.5. The normalized spacial score (nSPS) is 11.5. The van der Waals surface area contributed by atoms with Gasteiger partial charge in [0.15, 0.2) is 10.9 Å². The molecule has 0 radical (unpaired) electrons. The molecule has 0 amide bonds. The molecule has 0 atom stereocenters. The van der Waals surface area contributed by atoms with E-state index in [0.29, 0.717) is 124 Å². The van der Waals surface area contributed by atoms with Gasteiger partial charge in [-0.25, -0.2) is 18.1 Å². The molecule has 16 nitrogen and oxygen atoms in total. The van der Waals surface area contributed by atoms with Crippen LogP contribution in [-0.2, 0) is 32.0 Å². The van der Waals surface area contributed by atoms with Crippen molar-refractivity contribution in [2.45, 2.75) is 13.1 Å². The van der Waals surface area contributed by atoms with Gasteiger partial charge in [-0.1, -0.05) is 34.7 Å². The molecule has 5 aromatic carbocycles. The minimum absolute atomic E-state index is 0.198. The number of halogens is 2. The van der Waals surface area contributed by atoms with Crippen LogP contribution >= 0.6 is 0 Å². The molecule has 0 aliphatic rings. The predicted octanol–water partition coefficient (Wildman–Crippen LogP) is 8.25. The zero-order chi connectivity index (χ0) is 48.1. The lowest BCUT2D eigenvalue weighted by Crippen LogP contribution is -2.13. The van der Waals surface area contributed by atoms with Gasteiger partial charge in [0.1, 0.15) is 70.4 Å². The number of hydrogen-bond acceptors (Lipinski definition) is 14. The molecule has 0 saturated heterocycles. The Kier molecular flexibility index (Phi) is 15.5. The molecule has 0 N–H and O–H groups in total. The van der Waals surface area contributed by atoms with E-state index >= 15 is 0 Å². The molecule has 0 bridgehead atoms. The molecule has 358 valence electrons. The second-order valence-corrected chi connectivity index (χ2v) is 15.7. The van der Waals surface area contributed by atoms with Crippen LogP contribution in [0.1, 0.15) is 0 Å². The van der Waals surface area contributed by atoms with E-state index in [4.69, 9.17) is 37.3 Å². The molecule has 0 unspecified atom stereocenters. The fourth-order valence-electron chi connectivity index (χ4n) is 7.26. The van der Waals surface area contributed by atoms with Crippen LogP contribution in [-0.4, -0.2) is 96.1 Å². The van der Waals surface area contributed by atoms with E-state index in [1.165, 1.54) is 48.5 Å². The Hall–Kier alpha value is -7.90. The summed E-state index contributed by atoms with van der Waals surface area (Å²) < 4.78 is 76.4. The van der Waals surface area contributed by atoms with Crippen molar-refractivity contribution in [1.29, 1.82) is 0 Å².